The minimum atomic E-state index is -4.50. The fourth-order valence-corrected chi connectivity index (χ4v) is 3.58. The van der Waals surface area contributed by atoms with E-state index in [4.69, 9.17) is 16.1 Å². The van der Waals surface area contributed by atoms with Crippen molar-refractivity contribution in [2.24, 2.45) is 0 Å². The Morgan fingerprint density at radius 1 is 1.18 bits per heavy atom. The molecule has 1 aliphatic carbocycles. The van der Waals surface area contributed by atoms with Crippen LogP contribution in [0.1, 0.15) is 37.0 Å². The van der Waals surface area contributed by atoms with Crippen molar-refractivity contribution in [2.75, 3.05) is 0 Å². The van der Waals surface area contributed by atoms with Crippen LogP contribution in [0.3, 0.4) is 0 Å². The second-order valence-electron chi connectivity index (χ2n) is 8.07. The summed E-state index contributed by atoms with van der Waals surface area (Å²) in [5.41, 5.74) is -0.961. The lowest BCUT2D eigenvalue weighted by Gasteiger charge is -2.09. The summed E-state index contributed by atoms with van der Waals surface area (Å²) < 4.78 is 46.6. The van der Waals surface area contributed by atoms with Gasteiger partial charge in [0.15, 0.2) is 11.6 Å². The summed E-state index contributed by atoms with van der Waals surface area (Å²) in [7, 11) is 0. The molecule has 3 heterocycles. The first-order valence-electron chi connectivity index (χ1n) is 9.96. The fraction of sp³-hybridized carbons (Fsp3) is 0.286. The van der Waals surface area contributed by atoms with Crippen molar-refractivity contribution in [2.45, 2.75) is 37.9 Å². The molecule has 3 aromatic heterocycles. The van der Waals surface area contributed by atoms with Gasteiger partial charge < -0.3 is 4.52 Å². The molecule has 1 aliphatic rings. The topological polar surface area (TPSA) is 91.6 Å². The molecule has 0 amide bonds. The molecule has 5 rings (SSSR count). The van der Waals surface area contributed by atoms with E-state index in [2.05, 4.69) is 20.2 Å². The molecule has 0 N–H and O–H groups in total. The van der Waals surface area contributed by atoms with Gasteiger partial charge in [-0.2, -0.15) is 18.2 Å². The summed E-state index contributed by atoms with van der Waals surface area (Å²) in [6.07, 6.45) is 0.275. The van der Waals surface area contributed by atoms with Gasteiger partial charge >= 0.3 is 11.9 Å². The predicted molar refractivity (Wildman–Crippen MR) is 111 cm³/mol. The minimum absolute atomic E-state index is 0.106. The number of hydrogen-bond acceptors (Lipinski definition) is 6. The summed E-state index contributed by atoms with van der Waals surface area (Å²) in [5.74, 6) is 0.913. The van der Waals surface area contributed by atoms with Gasteiger partial charge in [-0.05, 0) is 43.2 Å². The second kappa shape index (κ2) is 7.55. The van der Waals surface area contributed by atoms with E-state index in [0.29, 0.717) is 11.4 Å². The predicted octanol–water partition coefficient (Wildman–Crippen LogP) is 4.25. The number of halogens is 4. The molecule has 0 saturated heterocycles. The lowest BCUT2D eigenvalue weighted by Crippen LogP contribution is -2.25. The highest BCUT2D eigenvalue weighted by molar-refractivity contribution is 6.33. The highest BCUT2D eigenvalue weighted by atomic mass is 35.5. The lowest BCUT2D eigenvalue weighted by molar-refractivity contribution is -0.137. The molecule has 170 valence electrons. The number of benzene rings is 1. The van der Waals surface area contributed by atoms with Gasteiger partial charge in [0.05, 0.1) is 16.3 Å². The molecular weight excluding hydrogens is 461 g/mol. The molecule has 0 radical (unpaired) electrons. The van der Waals surface area contributed by atoms with Gasteiger partial charge in [-0.3, -0.25) is 4.98 Å². The van der Waals surface area contributed by atoms with Crippen LogP contribution in [0.2, 0.25) is 5.02 Å². The summed E-state index contributed by atoms with van der Waals surface area (Å²) >= 11 is 6.27. The van der Waals surface area contributed by atoms with Crippen LogP contribution >= 0.6 is 11.6 Å². The Morgan fingerprint density at radius 2 is 1.91 bits per heavy atom. The van der Waals surface area contributed by atoms with Gasteiger partial charge in [0, 0.05) is 23.4 Å². The molecule has 0 aliphatic heterocycles. The maximum atomic E-state index is 13.3. The van der Waals surface area contributed by atoms with Crippen LogP contribution in [-0.2, 0) is 18.1 Å². The van der Waals surface area contributed by atoms with Crippen molar-refractivity contribution < 1.29 is 17.7 Å². The molecule has 8 nitrogen and oxygen atoms in total. The van der Waals surface area contributed by atoms with E-state index in [1.165, 1.54) is 29.1 Å². The van der Waals surface area contributed by atoms with Crippen LogP contribution in [0.5, 0.6) is 0 Å². The molecule has 0 unspecified atom stereocenters. The number of pyridine rings is 1. The standard InChI is InChI=1S/C21H16ClF3N6O2/c1-20(7-8-20)18-27-16(33-29-18)11-30-19(32)31(13-4-2-12(3-5-13)21(23,24)25)17(28-30)14-6-9-26-10-15(14)22/h2-6,9-10H,7-8,11H2,1H3. The molecule has 0 spiro atoms. The second-order valence-corrected chi connectivity index (χ2v) is 8.48. The van der Waals surface area contributed by atoms with Crippen molar-refractivity contribution in [3.8, 4) is 17.1 Å². The Labute approximate surface area is 189 Å². The quantitative estimate of drug-likeness (QED) is 0.427. The van der Waals surface area contributed by atoms with E-state index in [9.17, 15) is 18.0 Å². The molecule has 0 atom stereocenters. The third kappa shape index (κ3) is 3.92. The molecule has 1 aromatic carbocycles. The summed E-state index contributed by atoms with van der Waals surface area (Å²) in [5, 5.41) is 8.60. The van der Waals surface area contributed by atoms with Gasteiger partial charge in [0.25, 0.3) is 0 Å². The van der Waals surface area contributed by atoms with Crippen LogP contribution in [-0.4, -0.2) is 29.5 Å². The van der Waals surface area contributed by atoms with E-state index in [1.807, 2.05) is 6.92 Å². The highest BCUT2D eigenvalue weighted by Crippen LogP contribution is 2.46. The summed E-state index contributed by atoms with van der Waals surface area (Å²) in [6.45, 7) is 1.92. The number of hydrogen-bond donors (Lipinski definition) is 0. The maximum Gasteiger partial charge on any atom is 0.416 e. The first kappa shape index (κ1) is 21.4. The minimum Gasteiger partial charge on any atom is -0.337 e. The van der Waals surface area contributed by atoms with Gasteiger partial charge in [-0.1, -0.05) is 23.7 Å². The molecule has 4 aromatic rings. The maximum absolute atomic E-state index is 13.3. The van der Waals surface area contributed by atoms with Crippen LogP contribution in [0, 0.1) is 0 Å². The molecule has 33 heavy (non-hydrogen) atoms. The van der Waals surface area contributed by atoms with Gasteiger partial charge in [0.2, 0.25) is 5.89 Å². The van der Waals surface area contributed by atoms with Crippen molar-refractivity contribution in [3.05, 3.63) is 75.5 Å². The zero-order valence-corrected chi connectivity index (χ0v) is 17.9. The first-order chi connectivity index (χ1) is 15.7. The van der Waals surface area contributed by atoms with Crippen LogP contribution < -0.4 is 5.69 Å². The van der Waals surface area contributed by atoms with Crippen molar-refractivity contribution in [3.63, 3.8) is 0 Å². The van der Waals surface area contributed by atoms with E-state index in [1.54, 1.807) is 6.07 Å². The Bertz CT molecular complexity index is 1390. The molecule has 1 fully saturated rings. The normalized spacial score (nSPS) is 15.1. The monoisotopic (exact) mass is 476 g/mol. The number of alkyl halides is 3. The molecular formula is C21H16ClF3N6O2. The van der Waals surface area contributed by atoms with E-state index >= 15 is 0 Å². The van der Waals surface area contributed by atoms with Crippen molar-refractivity contribution >= 4 is 11.6 Å². The smallest absolute Gasteiger partial charge is 0.337 e. The largest absolute Gasteiger partial charge is 0.416 e. The average Bonchev–Trinajstić information content (AvgIpc) is 3.21. The van der Waals surface area contributed by atoms with Crippen LogP contribution in [0.25, 0.3) is 17.1 Å². The third-order valence-electron chi connectivity index (χ3n) is 5.60. The number of aromatic nitrogens is 6. The number of nitrogens with zero attached hydrogens (tertiary/aromatic N) is 6. The van der Waals surface area contributed by atoms with Crippen LogP contribution in [0.4, 0.5) is 13.2 Å². The number of rotatable bonds is 5. The van der Waals surface area contributed by atoms with E-state index < -0.39 is 17.4 Å². The van der Waals surface area contributed by atoms with Crippen molar-refractivity contribution in [1.29, 1.82) is 0 Å². The van der Waals surface area contributed by atoms with E-state index in [0.717, 1.165) is 29.7 Å². The Morgan fingerprint density at radius 3 is 2.55 bits per heavy atom. The Kier molecular flexibility index (Phi) is 4.89. The first-order valence-corrected chi connectivity index (χ1v) is 10.3. The summed E-state index contributed by atoms with van der Waals surface area (Å²) in [6, 6.07) is 5.77. The third-order valence-corrected chi connectivity index (χ3v) is 5.90. The SMILES string of the molecule is CC1(c2noc(Cn3nc(-c4ccncc4Cl)n(-c4ccc(C(F)(F)F)cc4)c3=O)n2)CC1. The zero-order chi connectivity index (χ0) is 23.4. The zero-order valence-electron chi connectivity index (χ0n) is 17.2. The molecule has 12 heteroatoms. The Balaban J connectivity index is 1.60. The fourth-order valence-electron chi connectivity index (χ4n) is 3.38. The summed E-state index contributed by atoms with van der Waals surface area (Å²) in [4.78, 5) is 21.6. The van der Waals surface area contributed by atoms with E-state index in [-0.39, 0.29) is 34.4 Å². The molecule has 0 bridgehead atoms. The Hall–Kier alpha value is -3.47. The lowest BCUT2D eigenvalue weighted by atomic mass is 10.1. The molecule has 1 saturated carbocycles. The highest BCUT2D eigenvalue weighted by Gasteiger charge is 2.43. The van der Waals surface area contributed by atoms with Gasteiger partial charge in [-0.15, -0.1) is 5.10 Å². The van der Waals surface area contributed by atoms with Gasteiger partial charge in [0.1, 0.15) is 6.54 Å². The van der Waals surface area contributed by atoms with Crippen LogP contribution in [0.15, 0.2) is 52.0 Å². The van der Waals surface area contributed by atoms with Gasteiger partial charge in [-0.25, -0.2) is 14.0 Å². The van der Waals surface area contributed by atoms with Crippen molar-refractivity contribution in [1.82, 2.24) is 29.5 Å². The average molecular weight is 477 g/mol.